The van der Waals surface area contributed by atoms with Gasteiger partial charge >= 0.3 is 5.97 Å². The van der Waals surface area contributed by atoms with Gasteiger partial charge in [-0.2, -0.15) is 5.26 Å². The summed E-state index contributed by atoms with van der Waals surface area (Å²) < 4.78 is 5.06. The molecule has 0 heterocycles. The highest BCUT2D eigenvalue weighted by molar-refractivity contribution is 5.87. The lowest BCUT2D eigenvalue weighted by atomic mass is 9.87. The van der Waals surface area contributed by atoms with E-state index in [-0.39, 0.29) is 11.4 Å². The third kappa shape index (κ3) is 6.76. The van der Waals surface area contributed by atoms with E-state index in [1.165, 1.54) is 6.08 Å². The van der Waals surface area contributed by atoms with Crippen LogP contribution >= 0.6 is 0 Å². The van der Waals surface area contributed by atoms with Crippen LogP contribution in [0.1, 0.15) is 44.7 Å². The molecule has 0 aliphatic rings. The summed E-state index contributed by atoms with van der Waals surface area (Å²) in [7, 11) is 0. The number of unbranched alkanes of at least 4 members (excludes halogenated alkanes) is 1. The van der Waals surface area contributed by atoms with E-state index in [0.29, 0.717) is 13.0 Å². The van der Waals surface area contributed by atoms with Gasteiger partial charge in [0.2, 0.25) is 0 Å². The first-order valence-electron chi connectivity index (χ1n) is 7.32. The molecular formula is C18H23NO2. The van der Waals surface area contributed by atoms with Crippen molar-refractivity contribution in [3.05, 3.63) is 41.5 Å². The number of hydrogen-bond donors (Lipinski definition) is 0. The van der Waals surface area contributed by atoms with Crippen molar-refractivity contribution in [3.63, 3.8) is 0 Å². The highest BCUT2D eigenvalue weighted by Gasteiger charge is 2.17. The third-order valence-corrected chi connectivity index (χ3v) is 3.05. The average Bonchev–Trinajstić information content (AvgIpc) is 2.45. The molecule has 0 N–H and O–H groups in total. The van der Waals surface area contributed by atoms with Gasteiger partial charge in [-0.05, 0) is 43.9 Å². The van der Waals surface area contributed by atoms with Crippen molar-refractivity contribution >= 4 is 12.0 Å². The van der Waals surface area contributed by atoms with Crippen LogP contribution in [0.3, 0.4) is 0 Å². The number of ether oxygens (including phenoxy) is 1. The summed E-state index contributed by atoms with van der Waals surface area (Å²) in [4.78, 5) is 11.5. The van der Waals surface area contributed by atoms with E-state index in [1.54, 1.807) is 6.08 Å². The molecule has 0 bridgehead atoms. The molecule has 3 heteroatoms. The Morgan fingerprint density at radius 3 is 2.86 bits per heavy atom. The fraction of sp³-hybridized carbons (Fsp3) is 0.444. The molecular weight excluding hydrogens is 262 g/mol. The lowest BCUT2D eigenvalue weighted by molar-refractivity contribution is -0.137. The molecule has 0 spiro atoms. The zero-order valence-electron chi connectivity index (χ0n) is 13.1. The molecule has 0 radical (unpaired) electrons. The fourth-order valence-corrected chi connectivity index (χ4v) is 1.89. The minimum absolute atomic E-state index is 0.314. The van der Waals surface area contributed by atoms with Crippen LogP contribution in [0.2, 0.25) is 0 Å². The van der Waals surface area contributed by atoms with E-state index >= 15 is 0 Å². The van der Waals surface area contributed by atoms with Crippen molar-refractivity contribution in [1.82, 2.24) is 0 Å². The summed E-state index contributed by atoms with van der Waals surface area (Å²) in [5, 5.41) is 9.08. The SMILES string of the molecule is CCCCOC(=O)/C=C/c1cccc(CC(C)(C)C#N)c1. The van der Waals surface area contributed by atoms with Gasteiger partial charge in [0.25, 0.3) is 0 Å². The van der Waals surface area contributed by atoms with E-state index in [4.69, 9.17) is 10.00 Å². The van der Waals surface area contributed by atoms with Gasteiger partial charge in [0, 0.05) is 6.08 Å². The van der Waals surface area contributed by atoms with Gasteiger partial charge in [0.05, 0.1) is 18.1 Å². The number of esters is 1. The maximum atomic E-state index is 11.5. The van der Waals surface area contributed by atoms with Gasteiger partial charge in [0.15, 0.2) is 0 Å². The standard InChI is InChI=1S/C18H23NO2/c1-4-5-11-21-17(20)10-9-15-7-6-8-16(12-15)13-18(2,3)14-19/h6-10,12H,4-5,11,13H2,1-3H3/b10-9+. The van der Waals surface area contributed by atoms with Gasteiger partial charge in [-0.3, -0.25) is 0 Å². The smallest absolute Gasteiger partial charge is 0.330 e. The second-order valence-corrected chi connectivity index (χ2v) is 5.77. The first-order valence-corrected chi connectivity index (χ1v) is 7.32. The van der Waals surface area contributed by atoms with Crippen LogP contribution in [-0.4, -0.2) is 12.6 Å². The van der Waals surface area contributed by atoms with Crippen LogP contribution in [0.5, 0.6) is 0 Å². The topological polar surface area (TPSA) is 50.1 Å². The normalized spacial score (nSPS) is 11.3. The molecule has 112 valence electrons. The van der Waals surface area contributed by atoms with Crippen molar-refractivity contribution in [3.8, 4) is 6.07 Å². The Morgan fingerprint density at radius 2 is 2.19 bits per heavy atom. The number of rotatable bonds is 7. The summed E-state index contributed by atoms with van der Waals surface area (Å²) in [6.07, 6.45) is 5.78. The van der Waals surface area contributed by atoms with Gasteiger partial charge in [0.1, 0.15) is 0 Å². The fourth-order valence-electron chi connectivity index (χ4n) is 1.89. The van der Waals surface area contributed by atoms with Crippen LogP contribution < -0.4 is 0 Å². The lowest BCUT2D eigenvalue weighted by Gasteiger charge is -2.15. The number of benzene rings is 1. The summed E-state index contributed by atoms with van der Waals surface area (Å²) in [5.74, 6) is -0.314. The molecule has 0 aromatic heterocycles. The van der Waals surface area contributed by atoms with E-state index in [1.807, 2.05) is 38.1 Å². The number of carbonyl (C=O) groups excluding carboxylic acids is 1. The van der Waals surface area contributed by atoms with Crippen molar-refractivity contribution in [2.24, 2.45) is 5.41 Å². The highest BCUT2D eigenvalue weighted by Crippen LogP contribution is 2.21. The van der Waals surface area contributed by atoms with E-state index in [0.717, 1.165) is 24.0 Å². The second-order valence-electron chi connectivity index (χ2n) is 5.77. The quantitative estimate of drug-likeness (QED) is 0.430. The molecule has 21 heavy (non-hydrogen) atoms. The highest BCUT2D eigenvalue weighted by atomic mass is 16.5. The van der Waals surface area contributed by atoms with Crippen LogP contribution in [0.4, 0.5) is 0 Å². The molecule has 0 atom stereocenters. The predicted molar refractivity (Wildman–Crippen MR) is 84.4 cm³/mol. The third-order valence-electron chi connectivity index (χ3n) is 3.05. The minimum Gasteiger partial charge on any atom is -0.463 e. The monoisotopic (exact) mass is 285 g/mol. The molecule has 1 aromatic carbocycles. The summed E-state index contributed by atoms with van der Waals surface area (Å²) in [5.41, 5.74) is 1.64. The van der Waals surface area contributed by atoms with Crippen molar-refractivity contribution < 1.29 is 9.53 Å². The van der Waals surface area contributed by atoms with Crippen LogP contribution in [0, 0.1) is 16.7 Å². The first kappa shape index (κ1) is 17.0. The zero-order chi connectivity index (χ0) is 15.7. The van der Waals surface area contributed by atoms with Crippen LogP contribution in [0.25, 0.3) is 6.08 Å². The molecule has 0 fully saturated rings. The molecule has 3 nitrogen and oxygen atoms in total. The molecule has 0 saturated carbocycles. The first-order chi connectivity index (χ1) is 9.96. The molecule has 0 amide bonds. The minimum atomic E-state index is -0.387. The summed E-state index contributed by atoms with van der Waals surface area (Å²) in [6.45, 7) is 6.36. The van der Waals surface area contributed by atoms with Gasteiger partial charge in [-0.15, -0.1) is 0 Å². The number of hydrogen-bond acceptors (Lipinski definition) is 3. The number of nitrogens with zero attached hydrogens (tertiary/aromatic N) is 1. The summed E-state index contributed by atoms with van der Waals surface area (Å²) >= 11 is 0. The molecule has 1 aromatic rings. The summed E-state index contributed by atoms with van der Waals surface area (Å²) in [6, 6.07) is 10.2. The molecule has 0 aliphatic carbocycles. The Kier molecular flexibility index (Phi) is 6.68. The van der Waals surface area contributed by atoms with Crippen molar-refractivity contribution in [1.29, 1.82) is 5.26 Å². The van der Waals surface area contributed by atoms with Gasteiger partial charge < -0.3 is 4.74 Å². The Bertz CT molecular complexity index is 538. The van der Waals surface area contributed by atoms with Gasteiger partial charge in [-0.1, -0.05) is 37.6 Å². The number of carbonyl (C=O) groups is 1. The van der Waals surface area contributed by atoms with Crippen LogP contribution in [0.15, 0.2) is 30.3 Å². The Labute approximate surface area is 127 Å². The lowest BCUT2D eigenvalue weighted by Crippen LogP contribution is -2.11. The number of nitriles is 1. The average molecular weight is 285 g/mol. The van der Waals surface area contributed by atoms with E-state index < -0.39 is 0 Å². The molecule has 0 saturated heterocycles. The van der Waals surface area contributed by atoms with Crippen molar-refractivity contribution in [2.75, 3.05) is 6.61 Å². The maximum Gasteiger partial charge on any atom is 0.330 e. The van der Waals surface area contributed by atoms with Crippen molar-refractivity contribution in [2.45, 2.75) is 40.0 Å². The Hall–Kier alpha value is -2.08. The largest absolute Gasteiger partial charge is 0.463 e. The van der Waals surface area contributed by atoms with E-state index in [9.17, 15) is 4.79 Å². The van der Waals surface area contributed by atoms with Gasteiger partial charge in [-0.25, -0.2) is 4.79 Å². The van der Waals surface area contributed by atoms with E-state index in [2.05, 4.69) is 13.0 Å². The second kappa shape index (κ2) is 8.26. The Morgan fingerprint density at radius 1 is 1.43 bits per heavy atom. The Balaban J connectivity index is 2.64. The molecule has 0 unspecified atom stereocenters. The molecule has 1 rings (SSSR count). The maximum absolute atomic E-state index is 11.5. The predicted octanol–water partition coefficient (Wildman–Crippen LogP) is 4.14. The molecule has 0 aliphatic heterocycles. The van der Waals surface area contributed by atoms with Crippen LogP contribution in [-0.2, 0) is 16.0 Å². The zero-order valence-corrected chi connectivity index (χ0v) is 13.1.